The fourth-order valence-electron chi connectivity index (χ4n) is 5.62. The molecular weight excluding hydrogens is 466 g/mol. The van der Waals surface area contributed by atoms with Gasteiger partial charge in [-0.05, 0) is 66.8 Å². The number of nitrogens with one attached hydrogen (secondary N) is 1. The molecule has 0 saturated heterocycles. The molecule has 2 aliphatic rings. The molecule has 2 aromatic heterocycles. The molecule has 1 aliphatic heterocycles. The molecular formula is C27H32ClN3O2S. The van der Waals surface area contributed by atoms with Gasteiger partial charge in [-0.15, -0.1) is 11.3 Å². The highest BCUT2D eigenvalue weighted by molar-refractivity contribution is 7.17. The van der Waals surface area contributed by atoms with Crippen LogP contribution in [-0.2, 0) is 17.8 Å². The van der Waals surface area contributed by atoms with Crippen molar-refractivity contribution in [1.29, 1.82) is 0 Å². The number of halogens is 1. The lowest BCUT2D eigenvalue weighted by molar-refractivity contribution is -0.134. The predicted octanol–water partition coefficient (Wildman–Crippen LogP) is 5.75. The molecule has 3 aromatic rings. The van der Waals surface area contributed by atoms with Crippen molar-refractivity contribution >= 4 is 45.0 Å². The summed E-state index contributed by atoms with van der Waals surface area (Å²) in [6.07, 6.45) is 4.00. The van der Waals surface area contributed by atoms with Gasteiger partial charge in [0.1, 0.15) is 11.2 Å². The summed E-state index contributed by atoms with van der Waals surface area (Å²) in [5.41, 5.74) is 1.83. The molecule has 1 N–H and O–H groups in total. The average Bonchev–Trinajstić information content (AvgIpc) is 3.40. The lowest BCUT2D eigenvalue weighted by atomic mass is 9.77. The van der Waals surface area contributed by atoms with Crippen molar-refractivity contribution in [3.63, 3.8) is 0 Å². The van der Waals surface area contributed by atoms with Gasteiger partial charge in [0.25, 0.3) is 5.91 Å². The third kappa shape index (κ3) is 4.05. The van der Waals surface area contributed by atoms with E-state index >= 15 is 0 Å². The summed E-state index contributed by atoms with van der Waals surface area (Å²) in [6, 6.07) is 11.9. The molecule has 34 heavy (non-hydrogen) atoms. The average molecular weight is 498 g/mol. The van der Waals surface area contributed by atoms with Gasteiger partial charge in [0.2, 0.25) is 5.91 Å². The Labute approximate surface area is 210 Å². The van der Waals surface area contributed by atoms with Gasteiger partial charge in [-0.25, -0.2) is 0 Å². The van der Waals surface area contributed by atoms with Gasteiger partial charge in [0, 0.05) is 17.6 Å². The van der Waals surface area contributed by atoms with Crippen molar-refractivity contribution in [3.05, 3.63) is 58.1 Å². The van der Waals surface area contributed by atoms with Crippen LogP contribution < -0.4 is 5.32 Å². The second kappa shape index (κ2) is 9.04. The van der Waals surface area contributed by atoms with E-state index in [9.17, 15) is 9.59 Å². The first-order chi connectivity index (χ1) is 16.3. The van der Waals surface area contributed by atoms with Crippen molar-refractivity contribution in [3.8, 4) is 0 Å². The van der Waals surface area contributed by atoms with E-state index in [-0.39, 0.29) is 17.9 Å². The standard InChI is InChI=1S/C27H32ClN3O2S/c1-17-5-4-6-21(18(17)2)29-26(33)27(3)16-30-22-12-14-34-24(22)15-23(30)25(32)31(27)13-11-19-7-9-20(28)10-8-19/h7-10,12,14-15,17-18,21H,4-6,11,13,16H2,1-3H3,(H,29,33). The highest BCUT2D eigenvalue weighted by atomic mass is 35.5. The van der Waals surface area contributed by atoms with Gasteiger partial charge >= 0.3 is 0 Å². The van der Waals surface area contributed by atoms with Gasteiger partial charge in [0.05, 0.1) is 16.8 Å². The molecule has 1 saturated carbocycles. The summed E-state index contributed by atoms with van der Waals surface area (Å²) in [7, 11) is 0. The number of hydrogen-bond acceptors (Lipinski definition) is 3. The Morgan fingerprint density at radius 3 is 2.74 bits per heavy atom. The van der Waals surface area contributed by atoms with E-state index < -0.39 is 5.54 Å². The summed E-state index contributed by atoms with van der Waals surface area (Å²) in [4.78, 5) is 29.5. The Bertz CT molecular complexity index is 1220. The monoisotopic (exact) mass is 497 g/mol. The Hall–Kier alpha value is -2.31. The topological polar surface area (TPSA) is 54.3 Å². The van der Waals surface area contributed by atoms with E-state index in [1.165, 1.54) is 6.42 Å². The zero-order valence-corrected chi connectivity index (χ0v) is 21.6. The van der Waals surface area contributed by atoms with E-state index in [1.54, 1.807) is 16.2 Å². The van der Waals surface area contributed by atoms with Crippen molar-refractivity contribution < 1.29 is 9.59 Å². The van der Waals surface area contributed by atoms with E-state index in [4.69, 9.17) is 11.6 Å². The van der Waals surface area contributed by atoms with Gasteiger partial charge in [0.15, 0.2) is 0 Å². The number of fused-ring (bicyclic) bond motifs is 3. The summed E-state index contributed by atoms with van der Waals surface area (Å²) < 4.78 is 3.12. The second-order valence-electron chi connectivity index (χ2n) is 10.2. The van der Waals surface area contributed by atoms with Crippen LogP contribution in [0.4, 0.5) is 0 Å². The molecule has 0 bridgehead atoms. The number of nitrogens with zero attached hydrogens (tertiary/aromatic N) is 2. The third-order valence-corrected chi connectivity index (χ3v) is 9.20. The van der Waals surface area contributed by atoms with Crippen LogP contribution in [0, 0.1) is 11.8 Å². The largest absolute Gasteiger partial charge is 0.351 e. The van der Waals surface area contributed by atoms with E-state index in [1.807, 2.05) is 53.3 Å². The lowest BCUT2D eigenvalue weighted by Crippen LogP contribution is -2.65. The maximum absolute atomic E-state index is 13.9. The normalized spacial score (nSPS) is 27.1. The molecule has 1 fully saturated rings. The van der Waals surface area contributed by atoms with Crippen LogP contribution in [0.2, 0.25) is 5.02 Å². The predicted molar refractivity (Wildman–Crippen MR) is 139 cm³/mol. The van der Waals surface area contributed by atoms with Gasteiger partial charge < -0.3 is 14.8 Å². The van der Waals surface area contributed by atoms with Crippen LogP contribution in [0.15, 0.2) is 41.8 Å². The SMILES string of the molecule is CC1CCCC(NC(=O)C2(C)Cn3c(cc4sccc43)C(=O)N2CCc2ccc(Cl)cc2)C1C. The van der Waals surface area contributed by atoms with Crippen molar-refractivity contribution in [2.45, 2.75) is 64.6 Å². The van der Waals surface area contributed by atoms with Crippen LogP contribution in [0.5, 0.6) is 0 Å². The summed E-state index contributed by atoms with van der Waals surface area (Å²) in [5.74, 6) is 0.883. The molecule has 1 aromatic carbocycles. The molecule has 3 heterocycles. The highest BCUT2D eigenvalue weighted by Gasteiger charge is 2.48. The summed E-state index contributed by atoms with van der Waals surface area (Å²) in [6.45, 7) is 7.37. The minimum atomic E-state index is -0.967. The van der Waals surface area contributed by atoms with E-state index in [2.05, 4.69) is 19.2 Å². The molecule has 7 heteroatoms. The maximum Gasteiger partial charge on any atom is 0.271 e. The Kier molecular flexibility index (Phi) is 6.23. The van der Waals surface area contributed by atoms with Crippen LogP contribution in [0.3, 0.4) is 0 Å². The molecule has 5 rings (SSSR count). The zero-order chi connectivity index (χ0) is 24.0. The fraction of sp³-hybridized carbons (Fsp3) is 0.481. The Balaban J connectivity index is 1.46. The second-order valence-corrected chi connectivity index (χ2v) is 11.6. The van der Waals surface area contributed by atoms with Crippen molar-refractivity contribution in [2.24, 2.45) is 11.8 Å². The Morgan fingerprint density at radius 1 is 1.21 bits per heavy atom. The van der Waals surface area contributed by atoms with Gasteiger partial charge in [-0.1, -0.05) is 50.4 Å². The number of benzene rings is 1. The first kappa shape index (κ1) is 23.4. The van der Waals surface area contributed by atoms with Crippen molar-refractivity contribution in [1.82, 2.24) is 14.8 Å². The molecule has 2 amide bonds. The number of thiophene rings is 1. The quantitative estimate of drug-likeness (QED) is 0.487. The number of amides is 2. The van der Waals surface area contributed by atoms with E-state index in [0.29, 0.717) is 42.1 Å². The number of rotatable bonds is 5. The van der Waals surface area contributed by atoms with Crippen LogP contribution in [0.25, 0.3) is 10.2 Å². The molecule has 5 nitrogen and oxygen atoms in total. The first-order valence-corrected chi connectivity index (χ1v) is 13.5. The number of carbonyl (C=O) groups is 2. The van der Waals surface area contributed by atoms with Crippen LogP contribution in [0.1, 0.15) is 56.1 Å². The minimum absolute atomic E-state index is 0.0503. The first-order valence-electron chi connectivity index (χ1n) is 12.2. The lowest BCUT2D eigenvalue weighted by Gasteiger charge is -2.45. The maximum atomic E-state index is 13.9. The fourth-order valence-corrected chi connectivity index (χ4v) is 6.57. The molecule has 180 valence electrons. The molecule has 4 unspecified atom stereocenters. The van der Waals surface area contributed by atoms with Crippen molar-refractivity contribution in [2.75, 3.05) is 6.54 Å². The smallest absolute Gasteiger partial charge is 0.271 e. The Morgan fingerprint density at radius 2 is 1.97 bits per heavy atom. The number of hydrogen-bond donors (Lipinski definition) is 1. The number of aromatic nitrogens is 1. The zero-order valence-electron chi connectivity index (χ0n) is 20.0. The third-order valence-electron chi connectivity index (χ3n) is 8.10. The molecule has 0 radical (unpaired) electrons. The van der Waals surface area contributed by atoms with Crippen LogP contribution in [-0.4, -0.2) is 39.4 Å². The van der Waals surface area contributed by atoms with Gasteiger partial charge in [-0.2, -0.15) is 0 Å². The highest BCUT2D eigenvalue weighted by Crippen LogP contribution is 2.36. The summed E-state index contributed by atoms with van der Waals surface area (Å²) in [5, 5.41) is 6.10. The minimum Gasteiger partial charge on any atom is -0.351 e. The molecule has 1 aliphatic carbocycles. The summed E-state index contributed by atoms with van der Waals surface area (Å²) >= 11 is 7.68. The van der Waals surface area contributed by atoms with E-state index in [0.717, 1.165) is 28.6 Å². The molecule has 0 spiro atoms. The van der Waals surface area contributed by atoms with Crippen LogP contribution >= 0.6 is 22.9 Å². The van der Waals surface area contributed by atoms with Gasteiger partial charge in [-0.3, -0.25) is 9.59 Å². The molecule has 4 atom stereocenters. The number of carbonyl (C=O) groups excluding carboxylic acids is 2.